The third kappa shape index (κ3) is 1.94. The lowest BCUT2D eigenvalue weighted by Gasteiger charge is -2.25. The maximum absolute atomic E-state index is 12.0. The lowest BCUT2D eigenvalue weighted by molar-refractivity contribution is -0.137. The van der Waals surface area contributed by atoms with Gasteiger partial charge in [-0.2, -0.15) is 4.90 Å². The molecule has 1 heterocycles. The fourth-order valence-corrected chi connectivity index (χ4v) is 2.76. The van der Waals surface area contributed by atoms with Crippen molar-refractivity contribution in [3.63, 3.8) is 0 Å². The van der Waals surface area contributed by atoms with Gasteiger partial charge in [-0.3, -0.25) is 9.59 Å². The summed E-state index contributed by atoms with van der Waals surface area (Å²) in [5, 5.41) is 0. The Morgan fingerprint density at radius 3 is 2.59 bits per heavy atom. The number of rotatable bonds is 1. The van der Waals surface area contributed by atoms with Crippen molar-refractivity contribution in [1.29, 1.82) is 0 Å². The molecule has 0 aromatic heterocycles. The minimum Gasteiger partial charge on any atom is -0.449 e. The molecule has 2 aliphatic rings. The smallest absolute Gasteiger partial charge is 0.423 e. The molecule has 2 rings (SSSR count). The summed E-state index contributed by atoms with van der Waals surface area (Å²) in [5.41, 5.74) is 0. The normalized spacial score (nSPS) is 32.6. The van der Waals surface area contributed by atoms with Gasteiger partial charge in [0.05, 0.1) is 18.4 Å². The Morgan fingerprint density at radius 2 is 1.94 bits per heavy atom. The van der Waals surface area contributed by atoms with E-state index in [0.717, 1.165) is 6.42 Å². The Kier molecular flexibility index (Phi) is 3.17. The molecule has 3 amide bonds. The number of imide groups is 3. The molecule has 0 aromatic rings. The van der Waals surface area contributed by atoms with E-state index in [-0.39, 0.29) is 30.3 Å². The van der Waals surface area contributed by atoms with Gasteiger partial charge in [0.2, 0.25) is 11.8 Å². The van der Waals surface area contributed by atoms with Crippen LogP contribution >= 0.6 is 0 Å². The zero-order valence-electron chi connectivity index (χ0n) is 10.1. The SMILES string of the molecule is CCOC(=O)N1C(=O)C2CCC(C)CC2C1=O. The molecule has 3 unspecified atom stereocenters. The largest absolute Gasteiger partial charge is 0.449 e. The zero-order valence-corrected chi connectivity index (χ0v) is 10.1. The first kappa shape index (κ1) is 12.1. The van der Waals surface area contributed by atoms with Crippen LogP contribution in [-0.4, -0.2) is 29.4 Å². The molecule has 0 bridgehead atoms. The topological polar surface area (TPSA) is 63.7 Å². The number of nitrogens with zero attached hydrogens (tertiary/aromatic N) is 1. The lowest BCUT2D eigenvalue weighted by Crippen LogP contribution is -2.37. The summed E-state index contributed by atoms with van der Waals surface area (Å²) in [6, 6.07) is 0. The first-order valence-electron chi connectivity index (χ1n) is 6.10. The van der Waals surface area contributed by atoms with Gasteiger partial charge in [0.1, 0.15) is 0 Å². The summed E-state index contributed by atoms with van der Waals surface area (Å²) in [4.78, 5) is 36.3. The molecular formula is C12H17NO4. The molecule has 0 radical (unpaired) electrons. The molecule has 3 atom stereocenters. The van der Waals surface area contributed by atoms with Crippen molar-refractivity contribution in [3.05, 3.63) is 0 Å². The predicted octanol–water partition coefficient (Wildman–Crippen LogP) is 1.56. The van der Waals surface area contributed by atoms with Crippen molar-refractivity contribution < 1.29 is 19.1 Å². The van der Waals surface area contributed by atoms with Crippen LogP contribution in [0.4, 0.5) is 4.79 Å². The number of likely N-dealkylation sites (tertiary alicyclic amines) is 1. The van der Waals surface area contributed by atoms with Gasteiger partial charge in [0.15, 0.2) is 0 Å². The van der Waals surface area contributed by atoms with Gasteiger partial charge >= 0.3 is 6.09 Å². The molecule has 0 spiro atoms. The number of amides is 3. The number of carbonyl (C=O) groups is 3. The fourth-order valence-electron chi connectivity index (χ4n) is 2.76. The van der Waals surface area contributed by atoms with E-state index in [9.17, 15) is 14.4 Å². The second kappa shape index (κ2) is 4.47. The number of hydrogen-bond acceptors (Lipinski definition) is 4. The molecule has 0 aromatic carbocycles. The van der Waals surface area contributed by atoms with E-state index in [0.29, 0.717) is 23.7 Å². The Hall–Kier alpha value is -1.39. The standard InChI is InChI=1S/C12H17NO4/c1-3-17-12(16)13-10(14)8-5-4-7(2)6-9(8)11(13)15/h7-9H,3-6H2,1-2H3. The Balaban J connectivity index is 2.18. The second-order valence-corrected chi connectivity index (χ2v) is 4.84. The highest BCUT2D eigenvalue weighted by molar-refractivity contribution is 6.15. The van der Waals surface area contributed by atoms with Gasteiger partial charge in [-0.15, -0.1) is 0 Å². The average Bonchev–Trinajstić information content (AvgIpc) is 2.52. The Morgan fingerprint density at radius 1 is 1.29 bits per heavy atom. The van der Waals surface area contributed by atoms with Gasteiger partial charge in [-0.05, 0) is 32.1 Å². The maximum atomic E-state index is 12.0. The van der Waals surface area contributed by atoms with Crippen LogP contribution in [0.3, 0.4) is 0 Å². The van der Waals surface area contributed by atoms with Crippen LogP contribution in [-0.2, 0) is 14.3 Å². The van der Waals surface area contributed by atoms with Crippen LogP contribution in [0.5, 0.6) is 0 Å². The van der Waals surface area contributed by atoms with Gasteiger partial charge in [-0.1, -0.05) is 6.92 Å². The summed E-state index contributed by atoms with van der Waals surface area (Å²) in [6.07, 6.45) is 1.53. The summed E-state index contributed by atoms with van der Waals surface area (Å²) in [6.45, 7) is 3.89. The van der Waals surface area contributed by atoms with E-state index in [1.165, 1.54) is 0 Å². The molecule has 1 saturated heterocycles. The monoisotopic (exact) mass is 239 g/mol. The van der Waals surface area contributed by atoms with Crippen molar-refractivity contribution in [2.24, 2.45) is 17.8 Å². The van der Waals surface area contributed by atoms with Crippen molar-refractivity contribution >= 4 is 17.9 Å². The minimum atomic E-state index is -0.815. The summed E-state index contributed by atoms with van der Waals surface area (Å²) < 4.78 is 4.74. The lowest BCUT2D eigenvalue weighted by atomic mass is 9.76. The first-order valence-corrected chi connectivity index (χ1v) is 6.10. The average molecular weight is 239 g/mol. The van der Waals surface area contributed by atoms with E-state index in [2.05, 4.69) is 6.92 Å². The second-order valence-electron chi connectivity index (χ2n) is 4.84. The van der Waals surface area contributed by atoms with Gasteiger partial charge in [0.25, 0.3) is 0 Å². The van der Waals surface area contributed by atoms with E-state index >= 15 is 0 Å². The first-order chi connectivity index (χ1) is 8.06. The summed E-state index contributed by atoms with van der Waals surface area (Å²) in [5.74, 6) is -0.913. The molecule has 0 N–H and O–H groups in total. The van der Waals surface area contributed by atoms with Gasteiger partial charge < -0.3 is 4.74 Å². The van der Waals surface area contributed by atoms with Crippen LogP contribution in [0.25, 0.3) is 0 Å². The summed E-state index contributed by atoms with van der Waals surface area (Å²) >= 11 is 0. The molecule has 1 saturated carbocycles. The van der Waals surface area contributed by atoms with E-state index in [1.807, 2.05) is 0 Å². The third-order valence-corrected chi connectivity index (χ3v) is 3.64. The Labute approximate surface area is 100 Å². The molecule has 94 valence electrons. The third-order valence-electron chi connectivity index (χ3n) is 3.64. The number of ether oxygens (including phenoxy) is 1. The van der Waals surface area contributed by atoms with Crippen LogP contribution < -0.4 is 0 Å². The number of carbonyl (C=O) groups excluding carboxylic acids is 3. The summed E-state index contributed by atoms with van der Waals surface area (Å²) in [7, 11) is 0. The van der Waals surface area contributed by atoms with Crippen LogP contribution in [0.2, 0.25) is 0 Å². The highest BCUT2D eigenvalue weighted by atomic mass is 16.6. The highest BCUT2D eigenvalue weighted by Crippen LogP contribution is 2.40. The maximum Gasteiger partial charge on any atom is 0.423 e. The molecule has 2 fully saturated rings. The van der Waals surface area contributed by atoms with Crippen LogP contribution in [0.15, 0.2) is 0 Å². The van der Waals surface area contributed by atoms with E-state index in [1.54, 1.807) is 6.92 Å². The molecule has 1 aliphatic carbocycles. The quantitative estimate of drug-likeness (QED) is 0.651. The van der Waals surface area contributed by atoms with Crippen molar-refractivity contribution in [1.82, 2.24) is 4.90 Å². The van der Waals surface area contributed by atoms with Crippen LogP contribution in [0.1, 0.15) is 33.1 Å². The zero-order chi connectivity index (χ0) is 12.6. The van der Waals surface area contributed by atoms with E-state index in [4.69, 9.17) is 4.74 Å². The molecule has 1 aliphatic heterocycles. The molecular weight excluding hydrogens is 222 g/mol. The number of fused-ring (bicyclic) bond motifs is 1. The van der Waals surface area contributed by atoms with Crippen molar-refractivity contribution in [3.8, 4) is 0 Å². The van der Waals surface area contributed by atoms with Crippen LogP contribution in [0, 0.1) is 17.8 Å². The van der Waals surface area contributed by atoms with Gasteiger partial charge in [-0.25, -0.2) is 4.79 Å². The van der Waals surface area contributed by atoms with Gasteiger partial charge in [0, 0.05) is 0 Å². The Bertz CT molecular complexity index is 366. The molecule has 17 heavy (non-hydrogen) atoms. The predicted molar refractivity (Wildman–Crippen MR) is 58.9 cm³/mol. The number of hydrogen-bond donors (Lipinski definition) is 0. The van der Waals surface area contributed by atoms with Crippen molar-refractivity contribution in [2.75, 3.05) is 6.61 Å². The van der Waals surface area contributed by atoms with E-state index < -0.39 is 6.09 Å². The molecule has 5 nitrogen and oxygen atoms in total. The van der Waals surface area contributed by atoms with Crippen molar-refractivity contribution in [2.45, 2.75) is 33.1 Å². The molecule has 5 heteroatoms. The fraction of sp³-hybridized carbons (Fsp3) is 0.750. The highest BCUT2D eigenvalue weighted by Gasteiger charge is 2.52. The minimum absolute atomic E-state index is 0.168.